The van der Waals surface area contributed by atoms with Gasteiger partial charge in [-0.25, -0.2) is 0 Å². The van der Waals surface area contributed by atoms with Gasteiger partial charge in [-0.2, -0.15) is 0 Å². The van der Waals surface area contributed by atoms with Crippen LogP contribution in [0.1, 0.15) is 52.4 Å². The Morgan fingerprint density at radius 3 is 1.89 bits per heavy atom. The Morgan fingerprint density at radius 2 is 1.50 bits per heavy atom. The van der Waals surface area contributed by atoms with E-state index >= 15 is 0 Å². The van der Waals surface area contributed by atoms with Crippen LogP contribution in [0.15, 0.2) is 0 Å². The number of hydrogen-bond acceptors (Lipinski definition) is 2. The summed E-state index contributed by atoms with van der Waals surface area (Å²) in [6.07, 6.45) is 8.52. The summed E-state index contributed by atoms with van der Waals surface area (Å²) in [5, 5.41) is 0. The standard InChI is InChI=1S/C9H19N.C7H15N/c1-8-4-6-9(7-5-8)10(2)3;1-7-4-3-5-8(2)6-7/h8-9H,4-7H2,1-3H3;7H,3-6H2,1-2H3. The summed E-state index contributed by atoms with van der Waals surface area (Å²) < 4.78 is 0. The fourth-order valence-corrected chi connectivity index (χ4v) is 3.18. The lowest BCUT2D eigenvalue weighted by Gasteiger charge is -2.30. The summed E-state index contributed by atoms with van der Waals surface area (Å²) in [5.41, 5.74) is 0. The van der Waals surface area contributed by atoms with E-state index in [1.54, 1.807) is 0 Å². The summed E-state index contributed by atoms with van der Waals surface area (Å²) in [6.45, 7) is 7.31. The highest BCUT2D eigenvalue weighted by Crippen LogP contribution is 2.25. The molecule has 1 saturated heterocycles. The minimum absolute atomic E-state index is 0.871. The molecule has 18 heavy (non-hydrogen) atoms. The SMILES string of the molecule is CC1CCC(N(C)C)CC1.CC1CCCN(C)C1. The summed E-state index contributed by atoms with van der Waals surface area (Å²) in [6, 6.07) is 0.871. The maximum Gasteiger partial charge on any atom is 0.00893 e. The molecule has 0 spiro atoms. The van der Waals surface area contributed by atoms with Crippen molar-refractivity contribution in [3.8, 4) is 0 Å². The van der Waals surface area contributed by atoms with Crippen LogP contribution in [0.4, 0.5) is 0 Å². The highest BCUT2D eigenvalue weighted by molar-refractivity contribution is 4.74. The molecule has 2 rings (SSSR count). The monoisotopic (exact) mass is 254 g/mol. The van der Waals surface area contributed by atoms with Gasteiger partial charge in [-0.05, 0) is 78.0 Å². The lowest BCUT2D eigenvalue weighted by atomic mass is 9.87. The Morgan fingerprint density at radius 1 is 0.889 bits per heavy atom. The third-order valence-corrected chi connectivity index (χ3v) is 4.58. The smallest absolute Gasteiger partial charge is 0.00893 e. The van der Waals surface area contributed by atoms with E-state index in [4.69, 9.17) is 0 Å². The second kappa shape index (κ2) is 8.16. The molecule has 108 valence electrons. The van der Waals surface area contributed by atoms with Crippen molar-refractivity contribution in [1.82, 2.24) is 9.80 Å². The number of nitrogens with zero attached hydrogens (tertiary/aromatic N) is 2. The van der Waals surface area contributed by atoms with E-state index in [0.717, 1.165) is 17.9 Å². The molecule has 1 saturated carbocycles. The predicted molar refractivity (Wildman–Crippen MR) is 81.0 cm³/mol. The van der Waals surface area contributed by atoms with E-state index in [9.17, 15) is 0 Å². The highest BCUT2D eigenvalue weighted by atomic mass is 15.1. The van der Waals surface area contributed by atoms with Crippen LogP contribution in [0, 0.1) is 11.8 Å². The first-order valence-corrected chi connectivity index (χ1v) is 7.84. The quantitative estimate of drug-likeness (QED) is 0.707. The number of rotatable bonds is 1. The molecular formula is C16H34N2. The molecular weight excluding hydrogens is 220 g/mol. The Balaban J connectivity index is 0.000000184. The highest BCUT2D eigenvalue weighted by Gasteiger charge is 2.18. The molecule has 2 nitrogen and oxygen atoms in total. The molecule has 1 heterocycles. The third kappa shape index (κ3) is 6.19. The largest absolute Gasteiger partial charge is 0.306 e. The normalized spacial score (nSPS) is 34.0. The minimum atomic E-state index is 0.871. The van der Waals surface area contributed by atoms with Crippen LogP contribution >= 0.6 is 0 Å². The van der Waals surface area contributed by atoms with Gasteiger partial charge in [0.05, 0.1) is 0 Å². The third-order valence-electron chi connectivity index (χ3n) is 4.58. The molecule has 0 radical (unpaired) electrons. The molecule has 0 aromatic heterocycles. The van der Waals surface area contributed by atoms with Crippen LogP contribution < -0.4 is 0 Å². The summed E-state index contributed by atoms with van der Waals surface area (Å²) in [7, 11) is 6.59. The first-order valence-electron chi connectivity index (χ1n) is 7.84. The molecule has 0 aromatic carbocycles. The lowest BCUT2D eigenvalue weighted by molar-refractivity contribution is 0.200. The molecule has 2 heteroatoms. The topological polar surface area (TPSA) is 6.48 Å². The van der Waals surface area contributed by atoms with Gasteiger partial charge in [0.1, 0.15) is 0 Å². The molecule has 0 bridgehead atoms. The molecule has 1 aliphatic heterocycles. The molecule has 1 unspecified atom stereocenters. The van der Waals surface area contributed by atoms with Gasteiger partial charge < -0.3 is 9.80 Å². The number of piperidine rings is 1. The molecule has 2 aliphatic rings. The van der Waals surface area contributed by atoms with Crippen LogP contribution in [-0.4, -0.2) is 50.1 Å². The van der Waals surface area contributed by atoms with Gasteiger partial charge in [0.25, 0.3) is 0 Å². The van der Waals surface area contributed by atoms with Crippen LogP contribution in [0.5, 0.6) is 0 Å². The van der Waals surface area contributed by atoms with Gasteiger partial charge in [-0.1, -0.05) is 13.8 Å². The van der Waals surface area contributed by atoms with Crippen molar-refractivity contribution in [3.63, 3.8) is 0 Å². The summed E-state index contributed by atoms with van der Waals surface area (Å²) in [4.78, 5) is 4.78. The van der Waals surface area contributed by atoms with Gasteiger partial charge in [0.15, 0.2) is 0 Å². The van der Waals surface area contributed by atoms with Crippen LogP contribution in [0.2, 0.25) is 0 Å². The molecule has 1 atom stereocenters. The molecule has 2 fully saturated rings. The van der Waals surface area contributed by atoms with Gasteiger partial charge in [-0.15, -0.1) is 0 Å². The fourth-order valence-electron chi connectivity index (χ4n) is 3.18. The molecule has 0 aromatic rings. The van der Waals surface area contributed by atoms with E-state index in [0.29, 0.717) is 0 Å². The zero-order valence-electron chi connectivity index (χ0n) is 13.3. The Kier molecular flexibility index (Phi) is 7.25. The van der Waals surface area contributed by atoms with E-state index in [1.165, 1.54) is 51.6 Å². The summed E-state index contributed by atoms with van der Waals surface area (Å²) >= 11 is 0. The van der Waals surface area contributed by atoms with Gasteiger partial charge in [0.2, 0.25) is 0 Å². The van der Waals surface area contributed by atoms with Crippen LogP contribution in [0.3, 0.4) is 0 Å². The first-order chi connectivity index (χ1) is 8.49. The fraction of sp³-hybridized carbons (Fsp3) is 1.00. The molecule has 0 N–H and O–H groups in total. The zero-order valence-corrected chi connectivity index (χ0v) is 13.3. The van der Waals surface area contributed by atoms with Gasteiger partial charge >= 0.3 is 0 Å². The van der Waals surface area contributed by atoms with Crippen molar-refractivity contribution in [2.45, 2.75) is 58.4 Å². The second-order valence-electron chi connectivity index (χ2n) is 6.89. The zero-order chi connectivity index (χ0) is 13.5. The van der Waals surface area contributed by atoms with Crippen molar-refractivity contribution in [2.75, 3.05) is 34.2 Å². The van der Waals surface area contributed by atoms with Gasteiger partial charge in [-0.3, -0.25) is 0 Å². The van der Waals surface area contributed by atoms with Crippen molar-refractivity contribution in [2.24, 2.45) is 11.8 Å². The van der Waals surface area contributed by atoms with Crippen molar-refractivity contribution >= 4 is 0 Å². The van der Waals surface area contributed by atoms with Crippen LogP contribution in [-0.2, 0) is 0 Å². The van der Waals surface area contributed by atoms with E-state index in [-0.39, 0.29) is 0 Å². The van der Waals surface area contributed by atoms with Crippen LogP contribution in [0.25, 0.3) is 0 Å². The Labute approximate surface area is 115 Å². The summed E-state index contributed by atoms with van der Waals surface area (Å²) in [5.74, 6) is 1.92. The maximum absolute atomic E-state index is 2.41. The second-order valence-corrected chi connectivity index (χ2v) is 6.89. The predicted octanol–water partition coefficient (Wildman–Crippen LogP) is 3.47. The first kappa shape index (κ1) is 16.0. The van der Waals surface area contributed by atoms with E-state index in [1.807, 2.05) is 0 Å². The Hall–Kier alpha value is -0.0800. The van der Waals surface area contributed by atoms with Crippen molar-refractivity contribution in [1.29, 1.82) is 0 Å². The lowest BCUT2D eigenvalue weighted by Crippen LogP contribution is -2.31. The average Bonchev–Trinajstić information content (AvgIpc) is 2.30. The molecule has 1 aliphatic carbocycles. The van der Waals surface area contributed by atoms with Crippen molar-refractivity contribution in [3.05, 3.63) is 0 Å². The minimum Gasteiger partial charge on any atom is -0.306 e. The maximum atomic E-state index is 2.41. The number of hydrogen-bond donors (Lipinski definition) is 0. The molecule has 0 amide bonds. The van der Waals surface area contributed by atoms with Crippen molar-refractivity contribution < 1.29 is 0 Å². The Bertz CT molecular complexity index is 199. The average molecular weight is 254 g/mol. The van der Waals surface area contributed by atoms with E-state index < -0.39 is 0 Å². The van der Waals surface area contributed by atoms with E-state index in [2.05, 4.69) is 44.8 Å². The van der Waals surface area contributed by atoms with Gasteiger partial charge in [0, 0.05) is 12.6 Å². The number of likely N-dealkylation sites (tertiary alicyclic amines) is 1.